The van der Waals surface area contributed by atoms with Gasteiger partial charge in [-0.3, -0.25) is 10.1 Å². The number of carbonyl (C=O) groups excluding carboxylic acids is 2. The largest absolute Gasteiger partial charge is 1.00 e. The molecule has 0 bridgehead atoms. The number of hydrogen-bond acceptors (Lipinski definition) is 7. The smallest absolute Gasteiger partial charge is 0.336 e. The molecule has 0 aliphatic carbocycles. The van der Waals surface area contributed by atoms with Gasteiger partial charge in [-0.05, 0) is 37.5 Å². The molecule has 1 heterocycles. The highest BCUT2D eigenvalue weighted by molar-refractivity contribution is 6.00. The van der Waals surface area contributed by atoms with E-state index < -0.39 is 22.8 Å². The molecular formula is C35H40ClN3O6. The number of dihydropyridines is 1. The maximum Gasteiger partial charge on any atom is 0.336 e. The van der Waals surface area contributed by atoms with Gasteiger partial charge in [-0.2, -0.15) is 0 Å². The summed E-state index contributed by atoms with van der Waals surface area (Å²) in [5.41, 5.74) is 4.31. The Morgan fingerprint density at radius 2 is 1.42 bits per heavy atom. The summed E-state index contributed by atoms with van der Waals surface area (Å²) < 4.78 is 11.1. The van der Waals surface area contributed by atoms with Crippen LogP contribution in [-0.2, 0) is 19.1 Å². The SMILES string of the molecule is CCOC(=O)C1=C(C)NC(C)=C(C(=O)OCC[NH+](C)CCC(c2ccccc2)c2ccccc2)C1c1cccc([N+](=O)[O-])c1.[Cl-]. The number of ether oxygens (including phenoxy) is 2. The number of non-ortho nitro benzene ring substituents is 1. The van der Waals surface area contributed by atoms with Crippen molar-refractivity contribution in [1.82, 2.24) is 5.32 Å². The van der Waals surface area contributed by atoms with Gasteiger partial charge in [0.1, 0.15) is 13.2 Å². The number of nitrogens with zero attached hydrogens (tertiary/aromatic N) is 1. The Hall–Kier alpha value is -4.47. The standard InChI is InChI=1S/C35H39N3O6.ClH/c1-5-43-34(39)31-24(2)36-25(3)32(33(31)28-17-12-18-29(23-28)38(41)42)35(40)44-22-21-37(4)20-19-30(26-13-8-6-9-14-26)27-15-10-7-11-16-27;/h6-18,23,30,33,36H,5,19-22H2,1-4H3;1H. The maximum absolute atomic E-state index is 13.6. The first-order chi connectivity index (χ1) is 21.2. The van der Waals surface area contributed by atoms with Crippen LogP contribution >= 0.6 is 0 Å². The number of esters is 2. The summed E-state index contributed by atoms with van der Waals surface area (Å²) in [6.45, 7) is 6.91. The number of nitrogens with one attached hydrogen (secondary N) is 2. The zero-order valence-corrected chi connectivity index (χ0v) is 26.8. The summed E-state index contributed by atoms with van der Waals surface area (Å²) in [4.78, 5) is 39.0. The van der Waals surface area contributed by atoms with Crippen molar-refractivity contribution in [2.45, 2.75) is 39.0 Å². The van der Waals surface area contributed by atoms with Crippen LogP contribution in [0.25, 0.3) is 0 Å². The number of allylic oxidation sites excluding steroid dienone is 2. The van der Waals surface area contributed by atoms with Gasteiger partial charge in [0.25, 0.3) is 5.69 Å². The molecule has 3 aromatic carbocycles. The van der Waals surface area contributed by atoms with Gasteiger partial charge in [0.05, 0.1) is 42.2 Å². The monoisotopic (exact) mass is 633 g/mol. The van der Waals surface area contributed by atoms with Crippen molar-refractivity contribution in [3.8, 4) is 0 Å². The molecule has 0 amide bonds. The Bertz CT molecular complexity index is 1500. The number of carbonyl (C=O) groups is 2. The average Bonchev–Trinajstić information content (AvgIpc) is 3.02. The number of benzene rings is 3. The van der Waals surface area contributed by atoms with E-state index in [4.69, 9.17) is 9.47 Å². The number of quaternary nitrogens is 1. The van der Waals surface area contributed by atoms with Gasteiger partial charge in [-0.25, -0.2) is 9.59 Å². The molecule has 45 heavy (non-hydrogen) atoms. The lowest BCUT2D eigenvalue weighted by Crippen LogP contribution is -3.09. The van der Waals surface area contributed by atoms with E-state index in [2.05, 4.69) is 60.9 Å². The van der Waals surface area contributed by atoms with E-state index in [1.165, 1.54) is 28.2 Å². The molecule has 3 aromatic rings. The quantitative estimate of drug-likeness (QED) is 0.167. The molecule has 0 aromatic heterocycles. The minimum Gasteiger partial charge on any atom is -1.00 e. The first kappa shape index (κ1) is 35.0. The molecule has 2 atom stereocenters. The predicted octanol–water partition coefficient (Wildman–Crippen LogP) is 1.68. The summed E-state index contributed by atoms with van der Waals surface area (Å²) in [5.74, 6) is -1.81. The highest BCUT2D eigenvalue weighted by Crippen LogP contribution is 2.40. The fraction of sp³-hybridized carbons (Fsp3) is 0.314. The molecule has 2 unspecified atom stereocenters. The molecule has 0 saturated heterocycles. The van der Waals surface area contributed by atoms with Gasteiger partial charge < -0.3 is 32.1 Å². The van der Waals surface area contributed by atoms with E-state index in [0.717, 1.165) is 13.0 Å². The third-order valence-electron chi connectivity index (χ3n) is 7.92. The van der Waals surface area contributed by atoms with Crippen molar-refractivity contribution < 1.29 is 41.3 Å². The Labute approximate surface area is 270 Å². The van der Waals surface area contributed by atoms with Crippen LogP contribution in [-0.4, -0.2) is 50.2 Å². The Morgan fingerprint density at radius 1 is 0.867 bits per heavy atom. The van der Waals surface area contributed by atoms with Crippen molar-refractivity contribution in [3.05, 3.63) is 134 Å². The van der Waals surface area contributed by atoms with Crippen molar-refractivity contribution in [2.24, 2.45) is 0 Å². The number of halogens is 1. The molecule has 10 heteroatoms. The Balaban J connectivity index is 0.00000552. The van der Waals surface area contributed by atoms with E-state index in [1.807, 2.05) is 12.1 Å². The molecule has 2 N–H and O–H groups in total. The lowest BCUT2D eigenvalue weighted by atomic mass is 9.80. The topological polar surface area (TPSA) is 112 Å². The fourth-order valence-corrected chi connectivity index (χ4v) is 5.70. The Morgan fingerprint density at radius 3 is 1.96 bits per heavy atom. The summed E-state index contributed by atoms with van der Waals surface area (Å²) in [5, 5.41) is 14.7. The first-order valence-electron chi connectivity index (χ1n) is 14.9. The minimum atomic E-state index is -0.884. The van der Waals surface area contributed by atoms with Gasteiger partial charge in [0.2, 0.25) is 0 Å². The van der Waals surface area contributed by atoms with E-state index in [1.54, 1.807) is 32.9 Å². The first-order valence-corrected chi connectivity index (χ1v) is 14.9. The van der Waals surface area contributed by atoms with Crippen molar-refractivity contribution in [2.75, 3.05) is 33.4 Å². The lowest BCUT2D eigenvalue weighted by Gasteiger charge is -2.30. The second kappa shape index (κ2) is 16.6. The zero-order valence-electron chi connectivity index (χ0n) is 26.0. The predicted molar refractivity (Wildman–Crippen MR) is 168 cm³/mol. The normalized spacial score (nSPS) is 15.2. The van der Waals surface area contributed by atoms with E-state index >= 15 is 0 Å². The number of rotatable bonds is 13. The third kappa shape index (κ3) is 8.80. The maximum atomic E-state index is 13.6. The Kier molecular flexibility index (Phi) is 12.9. The number of nitro groups is 1. The zero-order chi connectivity index (χ0) is 31.6. The molecule has 238 valence electrons. The molecule has 0 fully saturated rings. The van der Waals surface area contributed by atoms with Crippen molar-refractivity contribution in [3.63, 3.8) is 0 Å². The van der Waals surface area contributed by atoms with Crippen LogP contribution in [0.2, 0.25) is 0 Å². The van der Waals surface area contributed by atoms with E-state index in [-0.39, 0.29) is 48.4 Å². The molecule has 1 aliphatic heterocycles. The molecule has 0 saturated carbocycles. The highest BCUT2D eigenvalue weighted by atomic mass is 35.5. The molecule has 0 spiro atoms. The van der Waals surface area contributed by atoms with Crippen LogP contribution in [0.15, 0.2) is 107 Å². The highest BCUT2D eigenvalue weighted by Gasteiger charge is 2.38. The van der Waals surface area contributed by atoms with Crippen molar-refractivity contribution in [1.29, 1.82) is 0 Å². The number of hydrogen-bond donors (Lipinski definition) is 2. The van der Waals surface area contributed by atoms with Crippen LogP contribution in [0.3, 0.4) is 0 Å². The second-order valence-corrected chi connectivity index (χ2v) is 11.0. The van der Waals surface area contributed by atoms with Gasteiger partial charge in [0.15, 0.2) is 0 Å². The molecule has 4 rings (SSSR count). The molecular weight excluding hydrogens is 594 g/mol. The summed E-state index contributed by atoms with van der Waals surface area (Å²) in [6, 6.07) is 26.9. The summed E-state index contributed by atoms with van der Waals surface area (Å²) in [7, 11) is 2.07. The molecule has 9 nitrogen and oxygen atoms in total. The number of nitro benzene ring substituents is 1. The lowest BCUT2D eigenvalue weighted by molar-refractivity contribution is -0.880. The van der Waals surface area contributed by atoms with Gasteiger partial charge in [-0.1, -0.05) is 72.8 Å². The molecule has 0 radical (unpaired) electrons. The minimum absolute atomic E-state index is 0. The molecule has 1 aliphatic rings. The van der Waals surface area contributed by atoms with Gasteiger partial charge in [-0.15, -0.1) is 0 Å². The van der Waals surface area contributed by atoms with Crippen LogP contribution in [0.4, 0.5) is 5.69 Å². The third-order valence-corrected chi connectivity index (χ3v) is 7.92. The van der Waals surface area contributed by atoms with Gasteiger partial charge >= 0.3 is 11.9 Å². The van der Waals surface area contributed by atoms with E-state index in [9.17, 15) is 19.7 Å². The van der Waals surface area contributed by atoms with E-state index in [0.29, 0.717) is 23.5 Å². The summed E-state index contributed by atoms with van der Waals surface area (Å²) >= 11 is 0. The van der Waals surface area contributed by atoms with Crippen LogP contribution in [0, 0.1) is 10.1 Å². The average molecular weight is 634 g/mol. The fourth-order valence-electron chi connectivity index (χ4n) is 5.70. The van der Waals surface area contributed by atoms with Crippen molar-refractivity contribution >= 4 is 17.6 Å². The second-order valence-electron chi connectivity index (χ2n) is 11.0. The van der Waals surface area contributed by atoms with Crippen LogP contribution in [0.5, 0.6) is 0 Å². The van der Waals surface area contributed by atoms with Gasteiger partial charge in [0, 0.05) is 35.9 Å². The van der Waals surface area contributed by atoms with Crippen LogP contribution < -0.4 is 22.6 Å². The summed E-state index contributed by atoms with van der Waals surface area (Å²) in [6.07, 6.45) is 0.920. The number of likely N-dealkylation sites (N-methyl/N-ethyl adjacent to an activating group) is 1. The van der Waals surface area contributed by atoms with Crippen LogP contribution in [0.1, 0.15) is 55.7 Å².